The lowest BCUT2D eigenvalue weighted by molar-refractivity contribution is -0.126. The predicted molar refractivity (Wildman–Crippen MR) is 123 cm³/mol. The molecule has 0 saturated carbocycles. The van der Waals surface area contributed by atoms with Crippen molar-refractivity contribution in [3.05, 3.63) is 89.4 Å². The summed E-state index contributed by atoms with van der Waals surface area (Å²) in [6.45, 7) is 1.46. The van der Waals surface area contributed by atoms with Gasteiger partial charge >= 0.3 is 5.97 Å². The van der Waals surface area contributed by atoms with Crippen molar-refractivity contribution in [2.24, 2.45) is 0 Å². The lowest BCUT2D eigenvalue weighted by Crippen LogP contribution is -2.37. The van der Waals surface area contributed by atoms with Crippen LogP contribution in [0.5, 0.6) is 0 Å². The third-order valence-electron chi connectivity index (χ3n) is 4.62. The van der Waals surface area contributed by atoms with Gasteiger partial charge in [0.2, 0.25) is 0 Å². The summed E-state index contributed by atoms with van der Waals surface area (Å²) in [5.74, 6) is -1.26. The minimum Gasteiger partial charge on any atom is -0.449 e. The number of hydrogen-bond donors (Lipinski definition) is 1. The van der Waals surface area contributed by atoms with E-state index in [0.717, 1.165) is 0 Å². The number of sulfonamides is 1. The SMILES string of the molecule is CC(OC(=O)c1ccccc1NS(=O)(=O)c1ccc(Cl)cc1)C(=O)N(C)c1ccccc1. The number of rotatable bonds is 7. The van der Waals surface area contributed by atoms with Crippen molar-refractivity contribution in [2.75, 3.05) is 16.7 Å². The highest BCUT2D eigenvalue weighted by molar-refractivity contribution is 7.92. The molecule has 0 heterocycles. The molecule has 1 atom stereocenters. The van der Waals surface area contributed by atoms with Gasteiger partial charge in [-0.2, -0.15) is 0 Å². The Morgan fingerprint density at radius 3 is 2.19 bits per heavy atom. The maximum atomic E-state index is 12.8. The molecule has 3 aromatic rings. The van der Waals surface area contributed by atoms with E-state index in [9.17, 15) is 18.0 Å². The largest absolute Gasteiger partial charge is 0.449 e. The highest BCUT2D eigenvalue weighted by Crippen LogP contribution is 2.23. The zero-order chi connectivity index (χ0) is 23.3. The number of benzene rings is 3. The summed E-state index contributed by atoms with van der Waals surface area (Å²) >= 11 is 5.82. The van der Waals surface area contributed by atoms with Crippen LogP contribution < -0.4 is 9.62 Å². The van der Waals surface area contributed by atoms with Crippen molar-refractivity contribution in [3.63, 3.8) is 0 Å². The Kier molecular flexibility index (Phi) is 7.17. The molecule has 0 aliphatic heterocycles. The Labute approximate surface area is 191 Å². The summed E-state index contributed by atoms with van der Waals surface area (Å²) in [5, 5.41) is 0.395. The zero-order valence-electron chi connectivity index (χ0n) is 17.4. The predicted octanol–water partition coefficient (Wildman–Crippen LogP) is 4.35. The molecule has 0 spiro atoms. The van der Waals surface area contributed by atoms with E-state index < -0.39 is 28.0 Å². The number of ether oxygens (including phenoxy) is 1. The third-order valence-corrected chi connectivity index (χ3v) is 6.25. The molecule has 32 heavy (non-hydrogen) atoms. The number of halogens is 1. The Balaban J connectivity index is 1.76. The molecule has 0 radical (unpaired) electrons. The minimum absolute atomic E-state index is 0.0156. The molecule has 7 nitrogen and oxygen atoms in total. The van der Waals surface area contributed by atoms with Crippen LogP contribution in [0.15, 0.2) is 83.8 Å². The molecule has 1 amide bonds. The second-order valence-electron chi connectivity index (χ2n) is 6.89. The van der Waals surface area contributed by atoms with Gasteiger partial charge in [-0.15, -0.1) is 0 Å². The number of anilines is 2. The maximum Gasteiger partial charge on any atom is 0.341 e. The summed E-state index contributed by atoms with van der Waals surface area (Å²) in [6, 6.07) is 20.5. The highest BCUT2D eigenvalue weighted by Gasteiger charge is 2.25. The normalized spacial score (nSPS) is 12.0. The number of amides is 1. The number of carbonyl (C=O) groups excluding carboxylic acids is 2. The molecule has 3 aromatic carbocycles. The molecule has 0 aliphatic rings. The number of nitrogens with zero attached hydrogens (tertiary/aromatic N) is 1. The van der Waals surface area contributed by atoms with Gasteiger partial charge in [-0.25, -0.2) is 13.2 Å². The molecular weight excluding hydrogens is 452 g/mol. The number of hydrogen-bond acceptors (Lipinski definition) is 5. The van der Waals surface area contributed by atoms with Gasteiger partial charge in [0.1, 0.15) is 0 Å². The molecule has 0 saturated heterocycles. The van der Waals surface area contributed by atoms with Crippen LogP contribution in [-0.4, -0.2) is 33.4 Å². The lowest BCUT2D eigenvalue weighted by Gasteiger charge is -2.22. The molecule has 166 valence electrons. The molecular formula is C23H21ClN2O5S. The topological polar surface area (TPSA) is 92.8 Å². The fraction of sp³-hybridized carbons (Fsp3) is 0.130. The van der Waals surface area contributed by atoms with Crippen LogP contribution in [-0.2, 0) is 19.6 Å². The van der Waals surface area contributed by atoms with Crippen molar-refractivity contribution in [1.82, 2.24) is 0 Å². The molecule has 0 aromatic heterocycles. The van der Waals surface area contributed by atoms with E-state index in [4.69, 9.17) is 16.3 Å². The number of carbonyl (C=O) groups is 2. The first-order valence-electron chi connectivity index (χ1n) is 9.60. The number of esters is 1. The third kappa shape index (κ3) is 5.46. The Morgan fingerprint density at radius 1 is 0.938 bits per heavy atom. The van der Waals surface area contributed by atoms with Gasteiger partial charge in [0.25, 0.3) is 15.9 Å². The second kappa shape index (κ2) is 9.84. The average Bonchev–Trinajstić information content (AvgIpc) is 2.79. The van der Waals surface area contributed by atoms with Crippen LogP contribution in [0.3, 0.4) is 0 Å². The van der Waals surface area contributed by atoms with E-state index >= 15 is 0 Å². The van der Waals surface area contributed by atoms with Crippen LogP contribution in [0.25, 0.3) is 0 Å². The van der Waals surface area contributed by atoms with Crippen LogP contribution in [0.4, 0.5) is 11.4 Å². The van der Waals surface area contributed by atoms with Crippen molar-refractivity contribution in [2.45, 2.75) is 17.9 Å². The van der Waals surface area contributed by atoms with Crippen LogP contribution in [0.2, 0.25) is 5.02 Å². The summed E-state index contributed by atoms with van der Waals surface area (Å²) in [7, 11) is -2.39. The van der Waals surface area contributed by atoms with E-state index in [2.05, 4.69) is 4.72 Å². The Morgan fingerprint density at radius 2 is 1.53 bits per heavy atom. The maximum absolute atomic E-state index is 12.8. The number of nitrogens with one attached hydrogen (secondary N) is 1. The van der Waals surface area contributed by atoms with Crippen molar-refractivity contribution < 1.29 is 22.7 Å². The minimum atomic E-state index is -3.97. The first kappa shape index (κ1) is 23.3. The summed E-state index contributed by atoms with van der Waals surface area (Å²) in [6.07, 6.45) is -1.09. The van der Waals surface area contributed by atoms with Gasteiger partial charge in [0, 0.05) is 17.8 Å². The molecule has 1 N–H and O–H groups in total. The van der Waals surface area contributed by atoms with Crippen LogP contribution >= 0.6 is 11.6 Å². The van der Waals surface area contributed by atoms with E-state index in [0.29, 0.717) is 10.7 Å². The van der Waals surface area contributed by atoms with Gasteiger partial charge in [0.05, 0.1) is 16.1 Å². The monoisotopic (exact) mass is 472 g/mol. The Bertz CT molecular complexity index is 1210. The molecule has 0 aliphatic carbocycles. The van der Waals surface area contributed by atoms with Crippen molar-refractivity contribution in [1.29, 1.82) is 0 Å². The van der Waals surface area contributed by atoms with E-state index in [1.165, 1.54) is 48.2 Å². The first-order valence-corrected chi connectivity index (χ1v) is 11.5. The zero-order valence-corrected chi connectivity index (χ0v) is 18.9. The number of likely N-dealkylation sites (N-methyl/N-ethyl adjacent to an activating group) is 1. The van der Waals surface area contributed by atoms with Crippen LogP contribution in [0, 0.1) is 0 Å². The van der Waals surface area contributed by atoms with E-state index in [1.807, 2.05) is 6.07 Å². The molecule has 0 bridgehead atoms. The van der Waals surface area contributed by atoms with Crippen molar-refractivity contribution in [3.8, 4) is 0 Å². The second-order valence-corrected chi connectivity index (χ2v) is 9.00. The van der Waals surface area contributed by atoms with Gasteiger partial charge in [0.15, 0.2) is 6.10 Å². The summed E-state index contributed by atoms with van der Waals surface area (Å²) < 4.78 is 33.1. The van der Waals surface area contributed by atoms with Gasteiger partial charge in [-0.05, 0) is 55.5 Å². The quantitative estimate of drug-likeness (QED) is 0.516. The van der Waals surface area contributed by atoms with E-state index in [1.54, 1.807) is 43.4 Å². The smallest absolute Gasteiger partial charge is 0.341 e. The molecule has 3 rings (SSSR count). The molecule has 0 fully saturated rings. The van der Waals surface area contributed by atoms with Gasteiger partial charge in [-0.1, -0.05) is 41.9 Å². The molecule has 1 unspecified atom stereocenters. The standard InChI is InChI=1S/C23H21ClN2O5S/c1-16(22(27)26(2)18-8-4-3-5-9-18)31-23(28)20-10-6-7-11-21(20)25-32(29,30)19-14-12-17(24)13-15-19/h3-16,25H,1-2H3. The van der Waals surface area contributed by atoms with Crippen molar-refractivity contribution >= 4 is 44.9 Å². The number of para-hydroxylation sites is 2. The molecule has 9 heteroatoms. The average molecular weight is 473 g/mol. The van der Waals surface area contributed by atoms with Gasteiger partial charge < -0.3 is 9.64 Å². The van der Waals surface area contributed by atoms with E-state index in [-0.39, 0.29) is 16.1 Å². The summed E-state index contributed by atoms with van der Waals surface area (Å²) in [4.78, 5) is 26.8. The first-order chi connectivity index (χ1) is 15.2. The summed E-state index contributed by atoms with van der Waals surface area (Å²) in [5.41, 5.74) is 0.659. The fourth-order valence-corrected chi connectivity index (χ4v) is 4.10. The lowest BCUT2D eigenvalue weighted by atomic mass is 10.2. The van der Waals surface area contributed by atoms with Crippen LogP contribution in [0.1, 0.15) is 17.3 Å². The van der Waals surface area contributed by atoms with Gasteiger partial charge in [-0.3, -0.25) is 9.52 Å². The fourth-order valence-electron chi connectivity index (χ4n) is 2.89. The highest BCUT2D eigenvalue weighted by atomic mass is 35.5. The Hall–Kier alpha value is -3.36.